The smallest absolute Gasteiger partial charge is 0.222 e. The topological polar surface area (TPSA) is 89.8 Å². The number of rotatable bonds is 10. The van der Waals surface area contributed by atoms with Gasteiger partial charge in [-0.1, -0.05) is 50.1 Å². The van der Waals surface area contributed by atoms with Gasteiger partial charge in [0, 0.05) is 17.7 Å². The van der Waals surface area contributed by atoms with Crippen molar-refractivity contribution in [3.63, 3.8) is 0 Å². The molecule has 1 heterocycles. The quantitative estimate of drug-likeness (QED) is 0.513. The molecule has 0 spiro atoms. The highest BCUT2D eigenvalue weighted by atomic mass is 35.5. The van der Waals surface area contributed by atoms with Gasteiger partial charge in [-0.2, -0.15) is 4.98 Å². The molecule has 0 saturated heterocycles. The van der Waals surface area contributed by atoms with Crippen molar-refractivity contribution in [3.05, 3.63) is 35.9 Å². The Labute approximate surface area is 169 Å². The van der Waals surface area contributed by atoms with E-state index < -0.39 is 0 Å². The molecule has 26 heavy (non-hydrogen) atoms. The van der Waals surface area contributed by atoms with E-state index in [1.54, 1.807) is 0 Å². The number of hydrogen-bond donors (Lipinski definition) is 3. The predicted octanol–water partition coefficient (Wildman–Crippen LogP) is 4.45. The molecular weight excluding hydrogens is 369 g/mol. The van der Waals surface area contributed by atoms with Crippen LogP contribution in [0.5, 0.6) is 0 Å². The molecule has 0 bridgehead atoms. The van der Waals surface area contributed by atoms with E-state index in [1.165, 1.54) is 0 Å². The Morgan fingerprint density at radius 1 is 0.962 bits per heavy atom. The Bertz CT molecular complexity index is 623. The van der Waals surface area contributed by atoms with Crippen LogP contribution in [0.2, 0.25) is 0 Å². The van der Waals surface area contributed by atoms with E-state index in [2.05, 4.69) is 34.3 Å². The summed E-state index contributed by atoms with van der Waals surface area (Å²) < 4.78 is 0. The van der Waals surface area contributed by atoms with E-state index in [4.69, 9.17) is 11.5 Å². The average molecular weight is 400 g/mol. The summed E-state index contributed by atoms with van der Waals surface area (Å²) in [5.74, 6) is 1.20. The van der Waals surface area contributed by atoms with Crippen LogP contribution in [-0.2, 0) is 6.42 Å². The van der Waals surface area contributed by atoms with Gasteiger partial charge in [0.15, 0.2) is 0 Å². The van der Waals surface area contributed by atoms with E-state index in [0.717, 1.165) is 74.3 Å². The molecule has 0 fully saturated rings. The van der Waals surface area contributed by atoms with Crippen LogP contribution < -0.4 is 16.8 Å². The lowest BCUT2D eigenvalue weighted by Gasteiger charge is -2.16. The molecule has 0 unspecified atom stereocenters. The van der Waals surface area contributed by atoms with Gasteiger partial charge in [0.25, 0.3) is 0 Å². The van der Waals surface area contributed by atoms with Gasteiger partial charge in [-0.15, -0.1) is 24.8 Å². The fourth-order valence-electron chi connectivity index (χ4n) is 2.73. The number of unbranched alkanes of at least 4 members (excludes halogenated alkanes) is 3. The van der Waals surface area contributed by atoms with Crippen LogP contribution in [0.25, 0.3) is 11.3 Å². The normalized spacial score (nSPS) is 9.92. The van der Waals surface area contributed by atoms with Crippen molar-refractivity contribution in [1.82, 2.24) is 9.97 Å². The van der Waals surface area contributed by atoms with Crippen molar-refractivity contribution < 1.29 is 0 Å². The van der Waals surface area contributed by atoms with Gasteiger partial charge < -0.3 is 16.8 Å². The third kappa shape index (κ3) is 7.36. The summed E-state index contributed by atoms with van der Waals surface area (Å²) in [5.41, 5.74) is 14.8. The van der Waals surface area contributed by atoms with Crippen molar-refractivity contribution in [1.29, 1.82) is 0 Å². The Morgan fingerprint density at radius 2 is 1.69 bits per heavy atom. The van der Waals surface area contributed by atoms with E-state index in [1.807, 2.05) is 18.2 Å². The third-order valence-corrected chi connectivity index (χ3v) is 4.03. The molecule has 0 atom stereocenters. The van der Waals surface area contributed by atoms with Gasteiger partial charge in [-0.25, -0.2) is 4.98 Å². The Morgan fingerprint density at radius 3 is 2.35 bits per heavy atom. The first kappa shape index (κ1) is 24.4. The third-order valence-electron chi connectivity index (χ3n) is 4.03. The SMILES string of the molecule is CCCCNc1nc(N)nc(-c2ccccc2)c1CCCCCN.Cl.Cl. The van der Waals surface area contributed by atoms with Crippen LogP contribution in [0.4, 0.5) is 11.8 Å². The number of halogens is 2. The molecule has 5 N–H and O–H groups in total. The van der Waals surface area contributed by atoms with Crippen LogP contribution in [0, 0.1) is 0 Å². The van der Waals surface area contributed by atoms with Crippen LogP contribution in [0.15, 0.2) is 30.3 Å². The lowest BCUT2D eigenvalue weighted by atomic mass is 10.0. The lowest BCUT2D eigenvalue weighted by molar-refractivity contribution is 0.685. The standard InChI is InChI=1S/C19H29N5.2ClH/c1-2-3-14-22-18-16(12-8-5-9-13-20)17(23-19(21)24-18)15-10-6-4-7-11-15;;/h4,6-7,10-11H,2-3,5,8-9,12-14,20H2,1H3,(H3,21,22,23,24);2*1H. The molecule has 0 amide bonds. The second-order valence-electron chi connectivity index (χ2n) is 6.00. The van der Waals surface area contributed by atoms with Crippen LogP contribution in [0.1, 0.15) is 44.6 Å². The first-order chi connectivity index (χ1) is 11.8. The summed E-state index contributed by atoms with van der Waals surface area (Å²) in [6, 6.07) is 10.2. The number of anilines is 2. The zero-order chi connectivity index (χ0) is 17.2. The second-order valence-corrected chi connectivity index (χ2v) is 6.00. The summed E-state index contributed by atoms with van der Waals surface area (Å²) in [7, 11) is 0. The Balaban J connectivity index is 0.00000312. The Kier molecular flexibility index (Phi) is 12.8. The number of nitrogen functional groups attached to an aromatic ring is 1. The number of benzene rings is 1. The lowest BCUT2D eigenvalue weighted by Crippen LogP contribution is -2.11. The van der Waals surface area contributed by atoms with Crippen LogP contribution in [0.3, 0.4) is 0 Å². The second kappa shape index (κ2) is 13.6. The first-order valence-corrected chi connectivity index (χ1v) is 8.92. The zero-order valence-electron chi connectivity index (χ0n) is 15.4. The van der Waals surface area contributed by atoms with Gasteiger partial charge in [0.1, 0.15) is 5.82 Å². The number of nitrogens with one attached hydrogen (secondary N) is 1. The fraction of sp³-hybridized carbons (Fsp3) is 0.474. The van der Waals surface area contributed by atoms with Crippen molar-refractivity contribution in [2.24, 2.45) is 5.73 Å². The maximum Gasteiger partial charge on any atom is 0.222 e. The fourth-order valence-corrected chi connectivity index (χ4v) is 2.73. The predicted molar refractivity (Wildman–Crippen MR) is 116 cm³/mol. The molecule has 1 aromatic heterocycles. The first-order valence-electron chi connectivity index (χ1n) is 8.92. The molecule has 146 valence electrons. The summed E-state index contributed by atoms with van der Waals surface area (Å²) in [4.78, 5) is 8.99. The number of nitrogens with two attached hydrogens (primary N) is 2. The molecule has 0 aliphatic heterocycles. The number of hydrogen-bond acceptors (Lipinski definition) is 5. The maximum atomic E-state index is 5.97. The summed E-state index contributed by atoms with van der Waals surface area (Å²) in [5, 5.41) is 3.45. The van der Waals surface area contributed by atoms with Gasteiger partial charge in [-0.05, 0) is 32.2 Å². The molecule has 2 aromatic rings. The molecule has 2 rings (SSSR count). The van der Waals surface area contributed by atoms with E-state index in [-0.39, 0.29) is 24.8 Å². The minimum Gasteiger partial charge on any atom is -0.370 e. The van der Waals surface area contributed by atoms with Gasteiger partial charge in [0.05, 0.1) is 5.69 Å². The van der Waals surface area contributed by atoms with Gasteiger partial charge >= 0.3 is 0 Å². The molecule has 5 nitrogen and oxygen atoms in total. The minimum absolute atomic E-state index is 0. The Hall–Kier alpha value is -1.56. The molecule has 7 heteroatoms. The highest BCUT2D eigenvalue weighted by molar-refractivity contribution is 5.85. The molecule has 1 aromatic carbocycles. The summed E-state index contributed by atoms with van der Waals surface area (Å²) in [6.45, 7) is 3.82. The van der Waals surface area contributed by atoms with Gasteiger partial charge in [-0.3, -0.25) is 0 Å². The molecular formula is C19H31Cl2N5. The van der Waals surface area contributed by atoms with Crippen molar-refractivity contribution in [3.8, 4) is 11.3 Å². The zero-order valence-corrected chi connectivity index (χ0v) is 17.0. The van der Waals surface area contributed by atoms with Crippen LogP contribution in [-0.4, -0.2) is 23.1 Å². The summed E-state index contributed by atoms with van der Waals surface area (Å²) >= 11 is 0. The van der Waals surface area contributed by atoms with Crippen molar-refractivity contribution in [2.75, 3.05) is 24.1 Å². The number of aromatic nitrogens is 2. The number of nitrogens with zero attached hydrogens (tertiary/aromatic N) is 2. The highest BCUT2D eigenvalue weighted by Crippen LogP contribution is 2.29. The molecule has 0 radical (unpaired) electrons. The maximum absolute atomic E-state index is 5.97. The van der Waals surface area contributed by atoms with Crippen molar-refractivity contribution in [2.45, 2.75) is 45.4 Å². The average Bonchev–Trinajstić information content (AvgIpc) is 2.60. The molecule has 0 saturated carbocycles. The van der Waals surface area contributed by atoms with E-state index in [9.17, 15) is 0 Å². The van der Waals surface area contributed by atoms with E-state index >= 15 is 0 Å². The summed E-state index contributed by atoms with van der Waals surface area (Å²) in [6.07, 6.45) is 6.42. The van der Waals surface area contributed by atoms with Crippen LogP contribution >= 0.6 is 24.8 Å². The molecule has 0 aliphatic carbocycles. The van der Waals surface area contributed by atoms with E-state index in [0.29, 0.717) is 5.95 Å². The molecule has 0 aliphatic rings. The largest absolute Gasteiger partial charge is 0.370 e. The highest BCUT2D eigenvalue weighted by Gasteiger charge is 2.14. The van der Waals surface area contributed by atoms with Crippen molar-refractivity contribution >= 4 is 36.6 Å². The minimum atomic E-state index is 0. The van der Waals surface area contributed by atoms with Gasteiger partial charge in [0.2, 0.25) is 5.95 Å². The monoisotopic (exact) mass is 399 g/mol.